The zero-order valence-electron chi connectivity index (χ0n) is 16.1. The van der Waals surface area contributed by atoms with Gasteiger partial charge in [-0.15, -0.1) is 12.4 Å². The summed E-state index contributed by atoms with van der Waals surface area (Å²) < 4.78 is 0. The quantitative estimate of drug-likeness (QED) is 0.611. The van der Waals surface area contributed by atoms with E-state index < -0.39 is 5.41 Å². The molecule has 0 aromatic heterocycles. The number of rotatable bonds is 7. The monoisotopic (exact) mass is 415 g/mol. The molecule has 1 aliphatic rings. The molecule has 1 aliphatic carbocycles. The summed E-state index contributed by atoms with van der Waals surface area (Å²) >= 11 is 6.22. The first-order chi connectivity index (χ1) is 12.5. The van der Waals surface area contributed by atoms with Gasteiger partial charge in [0.25, 0.3) is 5.91 Å². The molecule has 1 fully saturated rings. The fourth-order valence-electron chi connectivity index (χ4n) is 3.50. The lowest BCUT2D eigenvalue weighted by Gasteiger charge is -2.28. The van der Waals surface area contributed by atoms with Crippen LogP contribution in [0, 0.1) is 5.41 Å². The summed E-state index contributed by atoms with van der Waals surface area (Å²) in [5.74, 6) is -0.306. The largest absolute Gasteiger partial charge is 0.349 e. The van der Waals surface area contributed by atoms with Gasteiger partial charge >= 0.3 is 0 Å². The normalized spacial score (nSPS) is 15.0. The fraction of sp³-hybridized carbons (Fsp3) is 0.600. The lowest BCUT2D eigenvalue weighted by molar-refractivity contribution is -0.125. The SMILES string of the molecule is CCC(CC)(CN)C(=O)Nc1ccc(Cl)c(C(=O)NC2CCCCC2)c1.Cl. The van der Waals surface area contributed by atoms with Crippen LogP contribution in [0.2, 0.25) is 5.02 Å². The molecule has 0 aliphatic heterocycles. The van der Waals surface area contributed by atoms with Crippen LogP contribution in [0.25, 0.3) is 0 Å². The molecule has 1 aromatic rings. The van der Waals surface area contributed by atoms with E-state index in [9.17, 15) is 9.59 Å². The van der Waals surface area contributed by atoms with E-state index in [0.717, 1.165) is 25.7 Å². The third kappa shape index (κ3) is 5.84. The average molecular weight is 416 g/mol. The molecule has 0 heterocycles. The zero-order valence-corrected chi connectivity index (χ0v) is 17.7. The smallest absolute Gasteiger partial charge is 0.253 e. The molecular formula is C20H31Cl2N3O2. The summed E-state index contributed by atoms with van der Waals surface area (Å²) in [5, 5.41) is 6.35. The van der Waals surface area contributed by atoms with Gasteiger partial charge < -0.3 is 16.4 Å². The maximum absolute atomic E-state index is 12.7. The molecule has 0 saturated heterocycles. The molecule has 7 heteroatoms. The van der Waals surface area contributed by atoms with Gasteiger partial charge in [0, 0.05) is 18.3 Å². The lowest BCUT2D eigenvalue weighted by atomic mass is 9.81. The number of carbonyl (C=O) groups excluding carboxylic acids is 2. The van der Waals surface area contributed by atoms with Gasteiger partial charge in [-0.25, -0.2) is 0 Å². The summed E-state index contributed by atoms with van der Waals surface area (Å²) in [5.41, 5.74) is 6.20. The van der Waals surface area contributed by atoms with Crippen molar-refractivity contribution in [2.24, 2.45) is 11.1 Å². The molecule has 2 amide bonds. The minimum absolute atomic E-state index is 0. The Hall–Kier alpha value is -1.30. The first kappa shape index (κ1) is 23.7. The Labute approximate surface area is 173 Å². The van der Waals surface area contributed by atoms with Gasteiger partial charge in [0.2, 0.25) is 5.91 Å². The van der Waals surface area contributed by atoms with Crippen LogP contribution in [-0.2, 0) is 4.79 Å². The summed E-state index contributed by atoms with van der Waals surface area (Å²) in [4.78, 5) is 25.3. The van der Waals surface area contributed by atoms with E-state index in [1.54, 1.807) is 18.2 Å². The Morgan fingerprint density at radius 3 is 2.37 bits per heavy atom. The van der Waals surface area contributed by atoms with Gasteiger partial charge in [0.15, 0.2) is 0 Å². The van der Waals surface area contributed by atoms with Crippen LogP contribution in [0.1, 0.15) is 69.2 Å². The van der Waals surface area contributed by atoms with E-state index in [0.29, 0.717) is 29.1 Å². The third-order valence-electron chi connectivity index (χ3n) is 5.64. The van der Waals surface area contributed by atoms with E-state index in [1.165, 1.54) is 6.42 Å². The van der Waals surface area contributed by atoms with Crippen molar-refractivity contribution in [1.82, 2.24) is 5.32 Å². The second-order valence-corrected chi connectivity index (χ2v) is 7.56. The maximum atomic E-state index is 12.7. The number of benzene rings is 1. The molecule has 0 radical (unpaired) electrons. The first-order valence-corrected chi connectivity index (χ1v) is 9.95. The third-order valence-corrected chi connectivity index (χ3v) is 5.96. The number of hydrogen-bond acceptors (Lipinski definition) is 3. The van der Waals surface area contributed by atoms with Crippen LogP contribution >= 0.6 is 24.0 Å². The molecule has 27 heavy (non-hydrogen) atoms. The van der Waals surface area contributed by atoms with Gasteiger partial charge in [-0.1, -0.05) is 44.7 Å². The van der Waals surface area contributed by atoms with Crippen molar-refractivity contribution < 1.29 is 9.59 Å². The molecule has 1 saturated carbocycles. The highest BCUT2D eigenvalue weighted by Crippen LogP contribution is 2.28. The van der Waals surface area contributed by atoms with Crippen LogP contribution in [0.15, 0.2) is 18.2 Å². The number of amides is 2. The summed E-state index contributed by atoms with van der Waals surface area (Å²) in [6.07, 6.45) is 6.85. The molecule has 0 unspecified atom stereocenters. The molecule has 0 bridgehead atoms. The summed E-state index contributed by atoms with van der Waals surface area (Å²) in [6.45, 7) is 4.20. The van der Waals surface area contributed by atoms with Crippen LogP contribution in [0.5, 0.6) is 0 Å². The molecule has 0 atom stereocenters. The number of hydrogen-bond donors (Lipinski definition) is 3. The molecule has 2 rings (SSSR count). The first-order valence-electron chi connectivity index (χ1n) is 9.57. The van der Waals surface area contributed by atoms with Crippen LogP contribution in [0.4, 0.5) is 5.69 Å². The van der Waals surface area contributed by atoms with Gasteiger partial charge in [-0.2, -0.15) is 0 Å². The van der Waals surface area contributed by atoms with Crippen molar-refractivity contribution in [2.75, 3.05) is 11.9 Å². The lowest BCUT2D eigenvalue weighted by Crippen LogP contribution is -2.41. The zero-order chi connectivity index (χ0) is 19.2. The maximum Gasteiger partial charge on any atom is 0.253 e. The average Bonchev–Trinajstić information content (AvgIpc) is 2.66. The molecular weight excluding hydrogens is 385 g/mol. The summed E-state index contributed by atoms with van der Waals surface area (Å²) in [7, 11) is 0. The highest BCUT2D eigenvalue weighted by atomic mass is 35.5. The second kappa shape index (κ2) is 10.9. The van der Waals surface area contributed by atoms with E-state index >= 15 is 0 Å². The topological polar surface area (TPSA) is 84.2 Å². The van der Waals surface area contributed by atoms with E-state index in [-0.39, 0.29) is 36.8 Å². The Morgan fingerprint density at radius 1 is 1.19 bits per heavy atom. The van der Waals surface area contributed by atoms with E-state index in [4.69, 9.17) is 17.3 Å². The summed E-state index contributed by atoms with van der Waals surface area (Å²) in [6, 6.07) is 5.21. The Balaban J connectivity index is 0.00000364. The number of nitrogens with two attached hydrogens (primary N) is 1. The Bertz CT molecular complexity index is 634. The number of carbonyl (C=O) groups is 2. The standard InChI is InChI=1S/C20H30ClN3O2.ClH/c1-3-20(4-2,13-22)19(26)24-15-10-11-17(21)16(12-15)18(25)23-14-8-6-5-7-9-14;/h10-12,14H,3-9,13,22H2,1-2H3,(H,23,25)(H,24,26);1H. The van der Waals surface area contributed by atoms with Gasteiger partial charge in [-0.05, 0) is 43.9 Å². The predicted molar refractivity (Wildman–Crippen MR) is 114 cm³/mol. The van der Waals surface area contributed by atoms with Gasteiger partial charge in [0.1, 0.15) is 0 Å². The van der Waals surface area contributed by atoms with Crippen molar-refractivity contribution >= 4 is 41.5 Å². The van der Waals surface area contributed by atoms with E-state index in [2.05, 4.69) is 10.6 Å². The molecule has 0 spiro atoms. The van der Waals surface area contributed by atoms with Gasteiger partial charge in [-0.3, -0.25) is 9.59 Å². The molecule has 4 N–H and O–H groups in total. The number of anilines is 1. The van der Waals surface area contributed by atoms with E-state index in [1.807, 2.05) is 13.8 Å². The van der Waals surface area contributed by atoms with Gasteiger partial charge in [0.05, 0.1) is 16.0 Å². The predicted octanol–water partition coefficient (Wildman–Crippen LogP) is 4.53. The molecule has 5 nitrogen and oxygen atoms in total. The fourth-order valence-corrected chi connectivity index (χ4v) is 3.71. The van der Waals surface area contributed by atoms with Crippen molar-refractivity contribution in [3.63, 3.8) is 0 Å². The minimum Gasteiger partial charge on any atom is -0.349 e. The molecule has 152 valence electrons. The Morgan fingerprint density at radius 2 is 1.81 bits per heavy atom. The van der Waals surface area contributed by atoms with Crippen molar-refractivity contribution in [3.05, 3.63) is 28.8 Å². The second-order valence-electron chi connectivity index (χ2n) is 7.15. The minimum atomic E-state index is -0.593. The van der Waals surface area contributed by atoms with Crippen LogP contribution in [0.3, 0.4) is 0 Å². The highest BCUT2D eigenvalue weighted by Gasteiger charge is 2.33. The number of halogens is 2. The van der Waals surface area contributed by atoms with Crippen LogP contribution < -0.4 is 16.4 Å². The van der Waals surface area contributed by atoms with Crippen LogP contribution in [-0.4, -0.2) is 24.4 Å². The van der Waals surface area contributed by atoms with Crippen molar-refractivity contribution in [1.29, 1.82) is 0 Å². The van der Waals surface area contributed by atoms with Crippen molar-refractivity contribution in [2.45, 2.75) is 64.8 Å². The number of nitrogens with one attached hydrogen (secondary N) is 2. The van der Waals surface area contributed by atoms with Crippen molar-refractivity contribution in [3.8, 4) is 0 Å². The molecule has 1 aromatic carbocycles. The Kier molecular flexibility index (Phi) is 9.57. The highest BCUT2D eigenvalue weighted by molar-refractivity contribution is 6.34.